The highest BCUT2D eigenvalue weighted by molar-refractivity contribution is 14.0. The molecule has 1 aromatic rings. The second kappa shape index (κ2) is 11.5. The van der Waals surface area contributed by atoms with Crippen molar-refractivity contribution in [2.75, 3.05) is 26.7 Å². The number of nitrogens with one attached hydrogen (secondary N) is 2. The van der Waals surface area contributed by atoms with E-state index >= 15 is 0 Å². The average molecular weight is 490 g/mol. The second-order valence-electron chi connectivity index (χ2n) is 7.21. The van der Waals surface area contributed by atoms with Gasteiger partial charge in [-0.2, -0.15) is 0 Å². The van der Waals surface area contributed by atoms with E-state index in [-0.39, 0.29) is 41.7 Å². The lowest BCUT2D eigenvalue weighted by molar-refractivity contribution is -0.132. The number of nitrogens with zero attached hydrogens (tertiary/aromatic N) is 2. The number of likely N-dealkylation sites (tertiary alicyclic amines) is 1. The standard InChI is InChI=1S/C20H31FN4O.HI/c1-14-6-5-11-25(13-14)19(26)9-10-23-20(22-4)24-16(3)17-8-7-15(2)18(21)12-17;/h7-8,12,14,16H,5-6,9-11,13H2,1-4H3,(H2,22,23,24);1H. The third-order valence-corrected chi connectivity index (χ3v) is 4.91. The first-order valence-electron chi connectivity index (χ1n) is 9.41. The van der Waals surface area contributed by atoms with Gasteiger partial charge in [0.2, 0.25) is 5.91 Å². The lowest BCUT2D eigenvalue weighted by Gasteiger charge is -2.31. The Labute approximate surface area is 179 Å². The molecule has 2 N–H and O–H groups in total. The number of rotatable bonds is 5. The van der Waals surface area contributed by atoms with Crippen LogP contribution in [0.1, 0.15) is 50.3 Å². The molecule has 152 valence electrons. The number of aliphatic imine (C=N–C) groups is 1. The van der Waals surface area contributed by atoms with E-state index in [4.69, 9.17) is 0 Å². The molecule has 1 saturated heterocycles. The summed E-state index contributed by atoms with van der Waals surface area (Å²) >= 11 is 0. The zero-order chi connectivity index (χ0) is 19.1. The Morgan fingerprint density at radius 3 is 2.81 bits per heavy atom. The van der Waals surface area contributed by atoms with Crippen LogP contribution >= 0.6 is 24.0 Å². The number of halogens is 2. The molecule has 1 fully saturated rings. The summed E-state index contributed by atoms with van der Waals surface area (Å²) in [5.74, 6) is 1.18. The average Bonchev–Trinajstić information content (AvgIpc) is 2.62. The number of aryl methyl sites for hydroxylation is 1. The van der Waals surface area contributed by atoms with Crippen molar-refractivity contribution in [3.8, 4) is 0 Å². The van der Waals surface area contributed by atoms with E-state index in [9.17, 15) is 9.18 Å². The van der Waals surface area contributed by atoms with Crippen LogP contribution in [-0.4, -0.2) is 43.4 Å². The molecule has 27 heavy (non-hydrogen) atoms. The van der Waals surface area contributed by atoms with E-state index in [1.54, 1.807) is 26.1 Å². The number of hydrogen-bond donors (Lipinski definition) is 2. The number of carbonyl (C=O) groups is 1. The van der Waals surface area contributed by atoms with Crippen molar-refractivity contribution < 1.29 is 9.18 Å². The summed E-state index contributed by atoms with van der Waals surface area (Å²) in [7, 11) is 1.69. The van der Waals surface area contributed by atoms with Gasteiger partial charge in [-0.25, -0.2) is 4.39 Å². The first-order chi connectivity index (χ1) is 12.4. The van der Waals surface area contributed by atoms with Crippen molar-refractivity contribution in [1.29, 1.82) is 0 Å². The number of hydrogen-bond acceptors (Lipinski definition) is 2. The van der Waals surface area contributed by atoms with E-state index in [1.165, 1.54) is 6.42 Å². The monoisotopic (exact) mass is 490 g/mol. The maximum Gasteiger partial charge on any atom is 0.224 e. The van der Waals surface area contributed by atoms with Gasteiger partial charge in [-0.15, -0.1) is 24.0 Å². The van der Waals surface area contributed by atoms with Crippen molar-refractivity contribution in [3.05, 3.63) is 35.1 Å². The van der Waals surface area contributed by atoms with Crippen LogP contribution in [0.2, 0.25) is 0 Å². The normalized spacial score (nSPS) is 18.5. The third-order valence-electron chi connectivity index (χ3n) is 4.91. The summed E-state index contributed by atoms with van der Waals surface area (Å²) < 4.78 is 13.7. The SMILES string of the molecule is CN=C(NCCC(=O)N1CCCC(C)C1)NC(C)c1ccc(C)c(F)c1.I. The Hall–Kier alpha value is -1.38. The molecular weight excluding hydrogens is 458 g/mol. The minimum Gasteiger partial charge on any atom is -0.356 e. The summed E-state index contributed by atoms with van der Waals surface area (Å²) in [5, 5.41) is 6.41. The molecule has 1 aliphatic rings. The minimum absolute atomic E-state index is 0. The largest absolute Gasteiger partial charge is 0.356 e. The molecule has 2 atom stereocenters. The number of amides is 1. The first kappa shape index (κ1) is 23.7. The van der Waals surface area contributed by atoms with Gasteiger partial charge < -0.3 is 15.5 Å². The molecule has 0 aliphatic carbocycles. The van der Waals surface area contributed by atoms with Gasteiger partial charge in [0.1, 0.15) is 5.82 Å². The Morgan fingerprint density at radius 1 is 1.44 bits per heavy atom. The predicted octanol–water partition coefficient (Wildman–Crippen LogP) is 3.63. The summed E-state index contributed by atoms with van der Waals surface area (Å²) in [4.78, 5) is 18.5. The van der Waals surface area contributed by atoms with Gasteiger partial charge in [0.05, 0.1) is 6.04 Å². The van der Waals surface area contributed by atoms with Crippen LogP contribution in [0, 0.1) is 18.7 Å². The fourth-order valence-corrected chi connectivity index (χ4v) is 3.22. The molecule has 0 spiro atoms. The maximum absolute atomic E-state index is 13.7. The van der Waals surface area contributed by atoms with Gasteiger partial charge in [0.25, 0.3) is 0 Å². The van der Waals surface area contributed by atoms with Crippen molar-refractivity contribution >= 4 is 35.8 Å². The topological polar surface area (TPSA) is 56.7 Å². The highest BCUT2D eigenvalue weighted by Gasteiger charge is 2.20. The summed E-state index contributed by atoms with van der Waals surface area (Å²) in [6, 6.07) is 5.14. The molecule has 2 rings (SSSR count). The van der Waals surface area contributed by atoms with E-state index < -0.39 is 0 Å². The number of carbonyl (C=O) groups excluding carboxylic acids is 1. The molecule has 0 aromatic heterocycles. The molecule has 5 nitrogen and oxygen atoms in total. The van der Waals surface area contributed by atoms with Gasteiger partial charge in [0, 0.05) is 33.1 Å². The smallest absolute Gasteiger partial charge is 0.224 e. The molecule has 0 radical (unpaired) electrons. The molecule has 1 aliphatic heterocycles. The zero-order valence-corrected chi connectivity index (χ0v) is 19.0. The van der Waals surface area contributed by atoms with Gasteiger partial charge in [-0.05, 0) is 49.8 Å². The van der Waals surface area contributed by atoms with E-state index in [2.05, 4.69) is 22.5 Å². The van der Waals surface area contributed by atoms with Crippen LogP contribution in [-0.2, 0) is 4.79 Å². The maximum atomic E-state index is 13.7. The second-order valence-corrected chi connectivity index (χ2v) is 7.21. The molecule has 1 amide bonds. The van der Waals surface area contributed by atoms with Crippen molar-refractivity contribution in [1.82, 2.24) is 15.5 Å². The lowest BCUT2D eigenvalue weighted by Crippen LogP contribution is -2.43. The number of piperidine rings is 1. The van der Waals surface area contributed by atoms with E-state index in [0.29, 0.717) is 30.4 Å². The molecular formula is C20H32FIN4O. The van der Waals surface area contributed by atoms with Gasteiger partial charge in [-0.1, -0.05) is 19.1 Å². The van der Waals surface area contributed by atoms with Crippen LogP contribution in [0.25, 0.3) is 0 Å². The summed E-state index contributed by atoms with van der Waals surface area (Å²) in [6.45, 7) is 8.15. The molecule has 1 heterocycles. The van der Waals surface area contributed by atoms with Crippen molar-refractivity contribution in [2.24, 2.45) is 10.9 Å². The molecule has 0 saturated carbocycles. The van der Waals surface area contributed by atoms with Crippen LogP contribution in [0.4, 0.5) is 4.39 Å². The van der Waals surface area contributed by atoms with Gasteiger partial charge in [0.15, 0.2) is 5.96 Å². The highest BCUT2D eigenvalue weighted by atomic mass is 127. The third kappa shape index (κ3) is 7.27. The molecule has 1 aromatic carbocycles. The van der Waals surface area contributed by atoms with Gasteiger partial charge in [-0.3, -0.25) is 9.79 Å². The van der Waals surface area contributed by atoms with Crippen molar-refractivity contribution in [2.45, 2.75) is 46.1 Å². The predicted molar refractivity (Wildman–Crippen MR) is 119 cm³/mol. The van der Waals surface area contributed by atoms with Crippen LogP contribution in [0.15, 0.2) is 23.2 Å². The summed E-state index contributed by atoms with van der Waals surface area (Å²) in [6.07, 6.45) is 2.74. The molecule has 7 heteroatoms. The van der Waals surface area contributed by atoms with Crippen molar-refractivity contribution in [3.63, 3.8) is 0 Å². The van der Waals surface area contributed by atoms with Crippen LogP contribution in [0.3, 0.4) is 0 Å². The summed E-state index contributed by atoms with van der Waals surface area (Å²) in [5.41, 5.74) is 1.49. The quantitative estimate of drug-likeness (QED) is 0.377. The van der Waals surface area contributed by atoms with Crippen LogP contribution in [0.5, 0.6) is 0 Å². The Kier molecular flexibility index (Phi) is 10.0. The fourth-order valence-electron chi connectivity index (χ4n) is 3.22. The highest BCUT2D eigenvalue weighted by Crippen LogP contribution is 2.17. The number of guanidine groups is 1. The Balaban J connectivity index is 0.00000364. The minimum atomic E-state index is -0.208. The van der Waals surface area contributed by atoms with E-state index in [0.717, 1.165) is 25.1 Å². The fraction of sp³-hybridized carbons (Fsp3) is 0.600. The molecule has 2 unspecified atom stereocenters. The van der Waals surface area contributed by atoms with Gasteiger partial charge >= 0.3 is 0 Å². The lowest BCUT2D eigenvalue weighted by atomic mass is 10.00. The molecule has 0 bridgehead atoms. The van der Waals surface area contributed by atoms with E-state index in [1.807, 2.05) is 17.9 Å². The first-order valence-corrected chi connectivity index (χ1v) is 9.41. The van der Waals surface area contributed by atoms with Crippen LogP contribution < -0.4 is 10.6 Å². The Morgan fingerprint density at radius 2 is 2.19 bits per heavy atom. The number of benzene rings is 1. The Bertz CT molecular complexity index is 653. The zero-order valence-electron chi connectivity index (χ0n) is 16.7.